The summed E-state index contributed by atoms with van der Waals surface area (Å²) in [5.74, 6) is -0.280. The largest absolute Gasteiger partial charge is 0.463 e. The highest BCUT2D eigenvalue weighted by molar-refractivity contribution is 5.87. The Morgan fingerprint density at radius 2 is 2.00 bits per heavy atom. The molecule has 1 aromatic carbocycles. The summed E-state index contributed by atoms with van der Waals surface area (Å²) in [5.41, 5.74) is 2.22. The fourth-order valence-corrected chi connectivity index (χ4v) is 1.09. The highest BCUT2D eigenvalue weighted by Gasteiger charge is 1.94. The number of hydrogen-bond donors (Lipinski definition) is 0. The van der Waals surface area contributed by atoms with Gasteiger partial charge in [0.2, 0.25) is 0 Å². The molecule has 0 aliphatic heterocycles. The molecule has 80 valence electrons. The topological polar surface area (TPSA) is 26.3 Å². The molecule has 0 N–H and O–H groups in total. The van der Waals surface area contributed by atoms with Crippen molar-refractivity contribution in [3.63, 3.8) is 0 Å². The summed E-state index contributed by atoms with van der Waals surface area (Å²) in [6.45, 7) is 4.48. The summed E-state index contributed by atoms with van der Waals surface area (Å²) in [6.07, 6.45) is 4.07. The normalized spacial score (nSPS) is 10.5. The van der Waals surface area contributed by atoms with Gasteiger partial charge in [-0.25, -0.2) is 4.79 Å². The molecule has 0 aliphatic rings. The minimum Gasteiger partial charge on any atom is -0.463 e. The van der Waals surface area contributed by atoms with E-state index in [1.165, 1.54) is 11.6 Å². The second-order valence-electron chi connectivity index (χ2n) is 3.41. The molecule has 2 heteroatoms. The average molecular weight is 204 g/mol. The molecule has 0 fully saturated rings. The van der Waals surface area contributed by atoms with Gasteiger partial charge in [0.05, 0.1) is 6.61 Å². The van der Waals surface area contributed by atoms with E-state index in [4.69, 9.17) is 4.74 Å². The number of esters is 1. The van der Waals surface area contributed by atoms with Crippen molar-refractivity contribution in [1.29, 1.82) is 0 Å². The Bertz CT molecular complexity index is 336. The van der Waals surface area contributed by atoms with Crippen molar-refractivity contribution in [1.82, 2.24) is 0 Å². The van der Waals surface area contributed by atoms with Gasteiger partial charge in [0.15, 0.2) is 0 Å². The van der Waals surface area contributed by atoms with Crippen LogP contribution in [0.3, 0.4) is 0 Å². The second-order valence-corrected chi connectivity index (χ2v) is 3.41. The van der Waals surface area contributed by atoms with Crippen molar-refractivity contribution in [3.8, 4) is 0 Å². The van der Waals surface area contributed by atoms with E-state index in [1.807, 2.05) is 38.1 Å². The maximum Gasteiger partial charge on any atom is 0.330 e. The van der Waals surface area contributed by atoms with Crippen LogP contribution < -0.4 is 0 Å². The summed E-state index contributed by atoms with van der Waals surface area (Å²) in [4.78, 5) is 11.1. The fourth-order valence-electron chi connectivity index (χ4n) is 1.09. The molecule has 2 nitrogen and oxygen atoms in total. The molecule has 0 saturated carbocycles. The molecule has 0 aliphatic carbocycles. The smallest absolute Gasteiger partial charge is 0.330 e. The fraction of sp³-hybridized carbons (Fsp3) is 0.308. The van der Waals surface area contributed by atoms with Crippen molar-refractivity contribution in [2.45, 2.75) is 20.3 Å². The zero-order chi connectivity index (χ0) is 11.1. The molecular formula is C13H16O2. The van der Waals surface area contributed by atoms with Gasteiger partial charge in [-0.2, -0.15) is 0 Å². The van der Waals surface area contributed by atoms with Gasteiger partial charge >= 0.3 is 5.97 Å². The number of ether oxygens (including phenoxy) is 1. The van der Waals surface area contributed by atoms with Crippen molar-refractivity contribution >= 4 is 12.0 Å². The third kappa shape index (κ3) is 4.45. The highest BCUT2D eigenvalue weighted by atomic mass is 16.5. The molecule has 0 saturated heterocycles. The van der Waals surface area contributed by atoms with Crippen molar-refractivity contribution in [2.24, 2.45) is 0 Å². The molecule has 0 bridgehead atoms. The van der Waals surface area contributed by atoms with Crippen LogP contribution in [0.5, 0.6) is 0 Å². The Balaban J connectivity index is 2.50. The zero-order valence-corrected chi connectivity index (χ0v) is 9.19. The molecular weight excluding hydrogens is 188 g/mol. The number of benzene rings is 1. The third-order valence-corrected chi connectivity index (χ3v) is 1.94. The molecule has 0 atom stereocenters. The van der Waals surface area contributed by atoms with Crippen LogP contribution in [0.15, 0.2) is 30.3 Å². The van der Waals surface area contributed by atoms with Crippen molar-refractivity contribution in [3.05, 3.63) is 41.5 Å². The first-order valence-corrected chi connectivity index (χ1v) is 5.14. The lowest BCUT2D eigenvalue weighted by Crippen LogP contribution is -2.00. The molecule has 0 radical (unpaired) electrons. The molecule has 0 heterocycles. The van der Waals surface area contributed by atoms with Crippen LogP contribution in [0.4, 0.5) is 0 Å². The van der Waals surface area contributed by atoms with Gasteiger partial charge in [-0.3, -0.25) is 0 Å². The summed E-state index contributed by atoms with van der Waals surface area (Å²) in [7, 11) is 0. The van der Waals surface area contributed by atoms with Crippen LogP contribution in [0.1, 0.15) is 24.5 Å². The first-order valence-electron chi connectivity index (χ1n) is 5.14. The van der Waals surface area contributed by atoms with Gasteiger partial charge in [0.25, 0.3) is 0 Å². The molecule has 0 aromatic heterocycles. The number of rotatable bonds is 4. The number of hydrogen-bond acceptors (Lipinski definition) is 2. The second kappa shape index (κ2) is 6.02. The van der Waals surface area contributed by atoms with Gasteiger partial charge in [-0.1, -0.05) is 36.8 Å². The lowest BCUT2D eigenvalue weighted by Gasteiger charge is -1.97. The van der Waals surface area contributed by atoms with Gasteiger partial charge in [0, 0.05) is 6.08 Å². The number of carbonyl (C=O) groups excluding carboxylic acids is 1. The number of aryl methyl sites for hydroxylation is 1. The van der Waals surface area contributed by atoms with E-state index in [9.17, 15) is 4.79 Å². The summed E-state index contributed by atoms with van der Waals surface area (Å²) in [5, 5.41) is 0. The minimum atomic E-state index is -0.280. The third-order valence-electron chi connectivity index (χ3n) is 1.94. The highest BCUT2D eigenvalue weighted by Crippen LogP contribution is 2.04. The first kappa shape index (κ1) is 11.5. The van der Waals surface area contributed by atoms with Crippen LogP contribution in [0.25, 0.3) is 6.08 Å². The van der Waals surface area contributed by atoms with Gasteiger partial charge in [-0.15, -0.1) is 0 Å². The van der Waals surface area contributed by atoms with Crippen molar-refractivity contribution < 1.29 is 9.53 Å². The summed E-state index contributed by atoms with van der Waals surface area (Å²) < 4.78 is 4.91. The molecule has 1 rings (SSSR count). The average Bonchev–Trinajstić information content (AvgIpc) is 2.25. The lowest BCUT2D eigenvalue weighted by atomic mass is 10.1. The quantitative estimate of drug-likeness (QED) is 0.556. The molecule has 0 amide bonds. The zero-order valence-electron chi connectivity index (χ0n) is 9.19. The van der Waals surface area contributed by atoms with E-state index >= 15 is 0 Å². The minimum absolute atomic E-state index is 0.280. The van der Waals surface area contributed by atoms with Crippen LogP contribution in [-0.4, -0.2) is 12.6 Å². The molecule has 15 heavy (non-hydrogen) atoms. The Morgan fingerprint density at radius 3 is 2.60 bits per heavy atom. The number of carbonyl (C=O) groups is 1. The van der Waals surface area contributed by atoms with Gasteiger partial charge < -0.3 is 4.74 Å². The Hall–Kier alpha value is -1.57. The van der Waals surface area contributed by atoms with E-state index < -0.39 is 0 Å². The summed E-state index contributed by atoms with van der Waals surface area (Å²) >= 11 is 0. The van der Waals surface area contributed by atoms with E-state index in [0.29, 0.717) is 6.61 Å². The Kier molecular flexibility index (Phi) is 4.61. The van der Waals surface area contributed by atoms with Gasteiger partial charge in [0.1, 0.15) is 0 Å². The predicted octanol–water partition coefficient (Wildman–Crippen LogP) is 2.96. The Labute approximate surface area is 90.6 Å². The van der Waals surface area contributed by atoms with Crippen molar-refractivity contribution in [2.75, 3.05) is 6.61 Å². The van der Waals surface area contributed by atoms with Gasteiger partial charge in [-0.05, 0) is 25.0 Å². The maximum absolute atomic E-state index is 11.1. The first-order chi connectivity index (χ1) is 7.22. The van der Waals surface area contributed by atoms with E-state index in [1.54, 1.807) is 6.08 Å². The van der Waals surface area contributed by atoms with Crippen LogP contribution in [-0.2, 0) is 9.53 Å². The van der Waals surface area contributed by atoms with Crippen LogP contribution in [0.2, 0.25) is 0 Å². The lowest BCUT2D eigenvalue weighted by molar-refractivity contribution is -0.137. The van der Waals surface area contributed by atoms with Crippen LogP contribution in [0, 0.1) is 6.92 Å². The Morgan fingerprint density at radius 1 is 1.33 bits per heavy atom. The van der Waals surface area contributed by atoms with Crippen LogP contribution >= 0.6 is 0 Å². The maximum atomic E-state index is 11.1. The predicted molar refractivity (Wildman–Crippen MR) is 61.5 cm³/mol. The molecule has 0 spiro atoms. The standard InChI is InChI=1S/C13H16O2/c1-3-10-15-13(14)9-8-12-6-4-11(2)5-7-12/h4-9H,3,10H2,1-2H3. The molecule has 1 aromatic rings. The monoisotopic (exact) mass is 204 g/mol. The molecule has 0 unspecified atom stereocenters. The van der Waals surface area contributed by atoms with E-state index in [0.717, 1.165) is 12.0 Å². The SMILES string of the molecule is CCCOC(=O)C=Cc1ccc(C)cc1. The van der Waals surface area contributed by atoms with E-state index in [-0.39, 0.29) is 5.97 Å². The van der Waals surface area contributed by atoms with E-state index in [2.05, 4.69) is 0 Å². The summed E-state index contributed by atoms with van der Waals surface area (Å²) in [6, 6.07) is 7.96.